The van der Waals surface area contributed by atoms with Gasteiger partial charge in [0, 0.05) is 11.8 Å². The van der Waals surface area contributed by atoms with Gasteiger partial charge in [0.25, 0.3) is 11.8 Å². The van der Waals surface area contributed by atoms with Crippen molar-refractivity contribution in [2.75, 3.05) is 18.7 Å². The molecular weight excluding hydrogens is 420 g/mol. The smallest absolute Gasteiger partial charge is 0.278 e. The fourth-order valence-corrected chi connectivity index (χ4v) is 3.87. The molecular formula is C26H22N2O5. The molecule has 7 heteroatoms. The van der Waals surface area contributed by atoms with E-state index in [1.807, 2.05) is 37.3 Å². The molecule has 0 aromatic heterocycles. The maximum atomic E-state index is 13.5. The molecule has 0 saturated carbocycles. The number of ether oxygens (including phenoxy) is 3. The Kier molecular flexibility index (Phi) is 5.44. The molecule has 0 bridgehead atoms. The van der Waals surface area contributed by atoms with Gasteiger partial charge in [-0.2, -0.15) is 0 Å². The fourth-order valence-electron chi connectivity index (χ4n) is 3.87. The van der Waals surface area contributed by atoms with Crippen molar-refractivity contribution in [2.45, 2.75) is 13.5 Å². The highest BCUT2D eigenvalue weighted by Crippen LogP contribution is 2.37. The molecule has 33 heavy (non-hydrogen) atoms. The Morgan fingerprint density at radius 3 is 2.42 bits per heavy atom. The van der Waals surface area contributed by atoms with Crippen molar-refractivity contribution in [1.29, 1.82) is 0 Å². The van der Waals surface area contributed by atoms with Crippen molar-refractivity contribution < 1.29 is 23.8 Å². The number of imide groups is 1. The van der Waals surface area contributed by atoms with E-state index in [9.17, 15) is 9.59 Å². The molecule has 0 spiro atoms. The zero-order chi connectivity index (χ0) is 22.8. The van der Waals surface area contributed by atoms with Crippen molar-refractivity contribution in [3.63, 3.8) is 0 Å². The van der Waals surface area contributed by atoms with Crippen LogP contribution in [0.5, 0.6) is 17.2 Å². The van der Waals surface area contributed by atoms with E-state index in [1.165, 1.54) is 4.90 Å². The van der Waals surface area contributed by atoms with Gasteiger partial charge in [0.15, 0.2) is 11.5 Å². The van der Waals surface area contributed by atoms with E-state index in [4.69, 9.17) is 14.2 Å². The summed E-state index contributed by atoms with van der Waals surface area (Å²) in [5.41, 5.74) is 2.67. The minimum absolute atomic E-state index is 0.154. The van der Waals surface area contributed by atoms with Crippen LogP contribution >= 0.6 is 0 Å². The molecule has 0 aliphatic carbocycles. The van der Waals surface area contributed by atoms with E-state index in [2.05, 4.69) is 5.32 Å². The van der Waals surface area contributed by atoms with Crippen LogP contribution in [-0.2, 0) is 16.1 Å². The average Bonchev–Trinajstić information content (AvgIpc) is 3.39. The van der Waals surface area contributed by atoms with Crippen molar-refractivity contribution >= 4 is 23.1 Å². The number of carbonyl (C=O) groups is 2. The maximum absolute atomic E-state index is 13.5. The zero-order valence-corrected chi connectivity index (χ0v) is 18.0. The third-order valence-corrected chi connectivity index (χ3v) is 5.45. The van der Waals surface area contributed by atoms with Gasteiger partial charge in [-0.25, -0.2) is 0 Å². The number of hydrogen-bond acceptors (Lipinski definition) is 6. The summed E-state index contributed by atoms with van der Waals surface area (Å²) in [6, 6.07) is 21.9. The van der Waals surface area contributed by atoms with Crippen LogP contribution in [0.25, 0.3) is 5.57 Å². The van der Waals surface area contributed by atoms with Crippen molar-refractivity contribution in [2.24, 2.45) is 0 Å². The summed E-state index contributed by atoms with van der Waals surface area (Å²) in [6.07, 6.45) is 0. The molecule has 0 saturated heterocycles. The Morgan fingerprint density at radius 2 is 1.67 bits per heavy atom. The monoisotopic (exact) mass is 442 g/mol. The number of fused-ring (bicyclic) bond motifs is 1. The summed E-state index contributed by atoms with van der Waals surface area (Å²) in [6.45, 7) is 2.79. The highest BCUT2D eigenvalue weighted by atomic mass is 16.7. The molecule has 2 aliphatic heterocycles. The lowest BCUT2D eigenvalue weighted by molar-refractivity contribution is -0.137. The van der Waals surface area contributed by atoms with E-state index in [0.29, 0.717) is 40.7 Å². The summed E-state index contributed by atoms with van der Waals surface area (Å²) >= 11 is 0. The van der Waals surface area contributed by atoms with Gasteiger partial charge >= 0.3 is 0 Å². The minimum atomic E-state index is -0.384. The van der Waals surface area contributed by atoms with E-state index in [0.717, 1.165) is 5.56 Å². The molecule has 1 N–H and O–H groups in total. The number of nitrogens with one attached hydrogen (secondary N) is 1. The summed E-state index contributed by atoms with van der Waals surface area (Å²) in [5.74, 6) is 1.19. The van der Waals surface area contributed by atoms with Gasteiger partial charge in [-0.1, -0.05) is 42.5 Å². The minimum Gasteiger partial charge on any atom is -0.494 e. The lowest BCUT2D eigenvalue weighted by Crippen LogP contribution is -2.31. The van der Waals surface area contributed by atoms with Gasteiger partial charge < -0.3 is 19.5 Å². The molecule has 2 aliphatic rings. The van der Waals surface area contributed by atoms with Crippen LogP contribution in [0.1, 0.15) is 18.1 Å². The Hall–Kier alpha value is -4.26. The predicted octanol–water partition coefficient (Wildman–Crippen LogP) is 4.21. The van der Waals surface area contributed by atoms with Crippen molar-refractivity contribution in [1.82, 2.24) is 4.90 Å². The first-order valence-corrected chi connectivity index (χ1v) is 10.7. The molecule has 7 nitrogen and oxygen atoms in total. The van der Waals surface area contributed by atoms with Gasteiger partial charge in [-0.05, 0) is 42.3 Å². The molecule has 0 unspecified atom stereocenters. The van der Waals surface area contributed by atoms with Crippen LogP contribution in [0.3, 0.4) is 0 Å². The normalized spacial score (nSPS) is 14.8. The van der Waals surface area contributed by atoms with Crippen LogP contribution in [-0.4, -0.2) is 30.1 Å². The molecule has 5 rings (SSSR count). The Balaban J connectivity index is 1.52. The van der Waals surface area contributed by atoms with Gasteiger partial charge in [0.2, 0.25) is 6.79 Å². The average molecular weight is 442 g/mol. The molecule has 3 aromatic rings. The van der Waals surface area contributed by atoms with E-state index < -0.39 is 0 Å². The van der Waals surface area contributed by atoms with E-state index >= 15 is 0 Å². The van der Waals surface area contributed by atoms with Crippen LogP contribution in [0, 0.1) is 0 Å². The van der Waals surface area contributed by atoms with E-state index in [1.54, 1.807) is 42.5 Å². The largest absolute Gasteiger partial charge is 0.494 e. The third kappa shape index (κ3) is 4.01. The molecule has 3 aromatic carbocycles. The zero-order valence-electron chi connectivity index (χ0n) is 18.0. The van der Waals surface area contributed by atoms with Crippen LogP contribution in [0.15, 0.2) is 78.5 Å². The first-order valence-electron chi connectivity index (χ1n) is 10.7. The van der Waals surface area contributed by atoms with Crippen molar-refractivity contribution in [3.05, 3.63) is 89.6 Å². The summed E-state index contributed by atoms with van der Waals surface area (Å²) < 4.78 is 16.3. The van der Waals surface area contributed by atoms with E-state index in [-0.39, 0.29) is 30.8 Å². The summed E-state index contributed by atoms with van der Waals surface area (Å²) in [7, 11) is 0. The number of anilines is 1. The molecule has 0 radical (unpaired) electrons. The quantitative estimate of drug-likeness (QED) is 0.553. The first kappa shape index (κ1) is 20.6. The van der Waals surface area contributed by atoms with Gasteiger partial charge in [-0.3, -0.25) is 14.5 Å². The number of rotatable bonds is 7. The maximum Gasteiger partial charge on any atom is 0.278 e. The summed E-state index contributed by atoms with van der Waals surface area (Å²) in [4.78, 5) is 28.1. The Labute approximate surface area is 191 Å². The second-order valence-corrected chi connectivity index (χ2v) is 7.58. The third-order valence-electron chi connectivity index (χ3n) is 5.45. The standard InChI is InChI=1S/C26H22N2O5/c1-2-31-20-11-8-18(9-12-20)23-24(27-19-10-13-21-22(14-19)33-16-32-21)26(30)28(25(23)29)15-17-6-4-3-5-7-17/h3-14,27H,2,15-16H2,1H3. The number of benzene rings is 3. The first-order chi connectivity index (χ1) is 16.1. The lowest BCUT2D eigenvalue weighted by atomic mass is 10.0. The van der Waals surface area contributed by atoms with Gasteiger partial charge in [-0.15, -0.1) is 0 Å². The predicted molar refractivity (Wildman–Crippen MR) is 123 cm³/mol. The number of hydrogen-bond donors (Lipinski definition) is 1. The molecule has 0 fully saturated rings. The van der Waals surface area contributed by atoms with Gasteiger partial charge in [0.1, 0.15) is 11.4 Å². The van der Waals surface area contributed by atoms with Crippen LogP contribution in [0.4, 0.5) is 5.69 Å². The van der Waals surface area contributed by atoms with Crippen molar-refractivity contribution in [3.8, 4) is 17.2 Å². The number of nitrogens with zero attached hydrogens (tertiary/aromatic N) is 1. The molecule has 2 amide bonds. The highest BCUT2D eigenvalue weighted by molar-refractivity contribution is 6.36. The molecule has 0 atom stereocenters. The Morgan fingerprint density at radius 1 is 0.909 bits per heavy atom. The number of carbonyl (C=O) groups excluding carboxylic acids is 2. The van der Waals surface area contributed by atoms with Gasteiger partial charge in [0.05, 0.1) is 18.7 Å². The topological polar surface area (TPSA) is 77.1 Å². The molecule has 166 valence electrons. The fraction of sp³-hybridized carbons (Fsp3) is 0.154. The van der Waals surface area contributed by atoms with Crippen LogP contribution < -0.4 is 19.5 Å². The highest BCUT2D eigenvalue weighted by Gasteiger charge is 2.39. The number of amides is 2. The Bertz CT molecular complexity index is 1240. The SMILES string of the molecule is CCOc1ccc(C2=C(Nc3ccc4c(c3)OCO4)C(=O)N(Cc3ccccc3)C2=O)cc1. The molecule has 2 heterocycles. The van der Waals surface area contributed by atoms with Crippen LogP contribution in [0.2, 0.25) is 0 Å². The summed E-state index contributed by atoms with van der Waals surface area (Å²) in [5, 5.41) is 3.16. The second kappa shape index (κ2) is 8.70. The second-order valence-electron chi connectivity index (χ2n) is 7.58. The lowest BCUT2D eigenvalue weighted by Gasteiger charge is -2.15.